The van der Waals surface area contributed by atoms with Crippen molar-refractivity contribution in [3.8, 4) is 5.75 Å². The average molecular weight is 372 g/mol. The fourth-order valence-corrected chi connectivity index (χ4v) is 2.80. The molecule has 0 aliphatic carbocycles. The van der Waals surface area contributed by atoms with Gasteiger partial charge < -0.3 is 9.64 Å². The fraction of sp³-hybridized carbons (Fsp3) is 0.538. The number of anilines is 1. The van der Waals surface area contributed by atoms with Crippen molar-refractivity contribution in [1.82, 2.24) is 0 Å². The van der Waals surface area contributed by atoms with Crippen LogP contribution in [-0.2, 0) is 14.6 Å². The van der Waals surface area contributed by atoms with Gasteiger partial charge in [0.25, 0.3) is 0 Å². The topological polar surface area (TPSA) is 76.1 Å². The molecular weight excluding hydrogens is 353 g/mol. The standard InChI is InChI=1S/C11H13Cl2NO.C2H6O4S/c1-4-14-7(3)15-11-9(14)5-8(12)6(2)10(11)13;1-2-6-7(3,4)5/h5,7H,4H2,1-3H3;2H2,1H3,(H,3,4,5). The Morgan fingerprint density at radius 2 is 2.00 bits per heavy atom. The van der Waals surface area contributed by atoms with E-state index in [4.69, 9.17) is 32.5 Å². The second kappa shape index (κ2) is 7.70. The van der Waals surface area contributed by atoms with Crippen molar-refractivity contribution < 1.29 is 21.9 Å². The minimum absolute atomic E-state index is 0.0281. The van der Waals surface area contributed by atoms with E-state index in [0.29, 0.717) is 10.0 Å². The Labute approximate surface area is 140 Å². The number of halogens is 2. The second-order valence-corrected chi connectivity index (χ2v) is 6.36. The number of ether oxygens (including phenoxy) is 1. The summed E-state index contributed by atoms with van der Waals surface area (Å²) in [6, 6.07) is 1.92. The first-order valence-corrected chi connectivity index (χ1v) is 8.78. The van der Waals surface area contributed by atoms with Crippen LogP contribution in [-0.4, -0.2) is 32.4 Å². The van der Waals surface area contributed by atoms with Gasteiger partial charge in [0.1, 0.15) is 0 Å². The van der Waals surface area contributed by atoms with Crippen LogP contribution in [0.5, 0.6) is 5.75 Å². The number of benzene rings is 1. The predicted octanol–water partition coefficient (Wildman–Crippen LogP) is 3.69. The highest BCUT2D eigenvalue weighted by molar-refractivity contribution is 7.80. The molecule has 1 aromatic carbocycles. The molecule has 1 atom stereocenters. The molecule has 0 bridgehead atoms. The van der Waals surface area contributed by atoms with E-state index in [1.54, 1.807) is 0 Å². The van der Waals surface area contributed by atoms with Crippen LogP contribution >= 0.6 is 23.2 Å². The third-order valence-electron chi connectivity index (χ3n) is 3.03. The minimum atomic E-state index is -4.17. The second-order valence-electron chi connectivity index (χ2n) is 4.48. The van der Waals surface area contributed by atoms with Gasteiger partial charge in [0.15, 0.2) is 12.0 Å². The Morgan fingerprint density at radius 3 is 2.41 bits per heavy atom. The van der Waals surface area contributed by atoms with E-state index in [2.05, 4.69) is 16.0 Å². The zero-order valence-corrected chi connectivity index (χ0v) is 15.1. The number of fused-ring (bicyclic) bond motifs is 1. The van der Waals surface area contributed by atoms with Gasteiger partial charge in [-0.1, -0.05) is 23.2 Å². The van der Waals surface area contributed by atoms with Crippen LogP contribution in [0, 0.1) is 6.92 Å². The highest BCUT2D eigenvalue weighted by atomic mass is 35.5. The Hall–Kier alpha value is -0.730. The van der Waals surface area contributed by atoms with Crippen molar-refractivity contribution >= 4 is 39.3 Å². The van der Waals surface area contributed by atoms with Crippen LogP contribution in [0.2, 0.25) is 10.0 Å². The first kappa shape index (κ1) is 19.3. The van der Waals surface area contributed by atoms with Gasteiger partial charge in [0, 0.05) is 11.6 Å². The van der Waals surface area contributed by atoms with Gasteiger partial charge >= 0.3 is 10.4 Å². The third kappa shape index (κ3) is 4.63. The summed E-state index contributed by atoms with van der Waals surface area (Å²) < 4.78 is 36.4. The molecule has 0 radical (unpaired) electrons. The Bertz CT molecular complexity index is 636. The van der Waals surface area contributed by atoms with E-state index in [-0.39, 0.29) is 12.8 Å². The number of hydrogen-bond acceptors (Lipinski definition) is 5. The minimum Gasteiger partial charge on any atom is -0.467 e. The molecule has 0 saturated heterocycles. The van der Waals surface area contributed by atoms with E-state index in [9.17, 15) is 8.42 Å². The van der Waals surface area contributed by atoms with Gasteiger partial charge in [-0.3, -0.25) is 4.55 Å². The van der Waals surface area contributed by atoms with Crippen LogP contribution in [0.1, 0.15) is 26.3 Å². The number of nitrogens with zero attached hydrogens (tertiary/aromatic N) is 1. The molecule has 1 aliphatic heterocycles. The lowest BCUT2D eigenvalue weighted by atomic mass is 10.2. The largest absolute Gasteiger partial charge is 0.467 e. The molecule has 0 aromatic heterocycles. The van der Waals surface area contributed by atoms with Crippen molar-refractivity contribution in [3.63, 3.8) is 0 Å². The molecule has 2 rings (SSSR count). The fourth-order valence-electron chi connectivity index (χ4n) is 2.01. The Kier molecular flexibility index (Phi) is 6.76. The summed E-state index contributed by atoms with van der Waals surface area (Å²) in [6.45, 7) is 8.30. The van der Waals surface area contributed by atoms with Gasteiger partial charge in [-0.05, 0) is 39.3 Å². The monoisotopic (exact) mass is 371 g/mol. The summed E-state index contributed by atoms with van der Waals surface area (Å²) >= 11 is 12.3. The Balaban J connectivity index is 0.000000295. The predicted molar refractivity (Wildman–Crippen MR) is 87.5 cm³/mol. The van der Waals surface area contributed by atoms with Gasteiger partial charge in [0.2, 0.25) is 0 Å². The molecule has 0 spiro atoms. The van der Waals surface area contributed by atoms with Crippen molar-refractivity contribution in [1.29, 1.82) is 0 Å². The van der Waals surface area contributed by atoms with Crippen LogP contribution < -0.4 is 9.64 Å². The Morgan fingerprint density at radius 1 is 1.41 bits per heavy atom. The van der Waals surface area contributed by atoms with Gasteiger partial charge in [-0.2, -0.15) is 8.42 Å². The molecule has 0 saturated carbocycles. The maximum Gasteiger partial charge on any atom is 0.397 e. The maximum atomic E-state index is 9.56. The highest BCUT2D eigenvalue weighted by Gasteiger charge is 2.29. The zero-order valence-electron chi connectivity index (χ0n) is 12.8. The van der Waals surface area contributed by atoms with Crippen LogP contribution in [0.4, 0.5) is 5.69 Å². The molecule has 1 aromatic rings. The molecule has 9 heteroatoms. The lowest BCUT2D eigenvalue weighted by Crippen LogP contribution is -2.31. The SMILES string of the molecule is CCN1c2cc(Cl)c(C)c(Cl)c2OC1C.CCOS(=O)(=O)O. The summed E-state index contributed by atoms with van der Waals surface area (Å²) in [5.41, 5.74) is 1.87. The van der Waals surface area contributed by atoms with Gasteiger partial charge in [-0.15, -0.1) is 0 Å². The first-order chi connectivity index (χ1) is 10.1. The average Bonchev–Trinajstić information content (AvgIpc) is 2.71. The summed E-state index contributed by atoms with van der Waals surface area (Å²) in [7, 11) is -4.17. The molecule has 22 heavy (non-hydrogen) atoms. The smallest absolute Gasteiger partial charge is 0.397 e. The van der Waals surface area contributed by atoms with Gasteiger partial charge in [-0.25, -0.2) is 4.18 Å². The summed E-state index contributed by atoms with van der Waals surface area (Å²) in [5, 5.41) is 1.32. The van der Waals surface area contributed by atoms with Crippen molar-refractivity contribution in [2.24, 2.45) is 0 Å². The molecule has 1 aliphatic rings. The molecule has 1 N–H and O–H groups in total. The maximum absolute atomic E-state index is 9.56. The normalized spacial score (nSPS) is 16.7. The van der Waals surface area contributed by atoms with E-state index in [1.807, 2.05) is 19.9 Å². The van der Waals surface area contributed by atoms with E-state index < -0.39 is 10.4 Å². The van der Waals surface area contributed by atoms with Crippen molar-refractivity contribution in [2.45, 2.75) is 33.9 Å². The molecule has 0 fully saturated rings. The molecule has 6 nitrogen and oxygen atoms in total. The number of rotatable bonds is 3. The molecule has 1 unspecified atom stereocenters. The quantitative estimate of drug-likeness (QED) is 0.816. The van der Waals surface area contributed by atoms with Crippen LogP contribution in [0.3, 0.4) is 0 Å². The summed E-state index contributed by atoms with van der Waals surface area (Å²) in [6.07, 6.45) is 0.0281. The lowest BCUT2D eigenvalue weighted by Gasteiger charge is -2.19. The van der Waals surface area contributed by atoms with Crippen LogP contribution in [0.15, 0.2) is 6.07 Å². The highest BCUT2D eigenvalue weighted by Crippen LogP contribution is 2.46. The molecule has 0 amide bonds. The number of hydrogen-bond donors (Lipinski definition) is 1. The lowest BCUT2D eigenvalue weighted by molar-refractivity contribution is 0.246. The summed E-state index contributed by atoms with van der Waals surface area (Å²) in [4.78, 5) is 2.13. The van der Waals surface area contributed by atoms with E-state index >= 15 is 0 Å². The molecule has 126 valence electrons. The summed E-state index contributed by atoms with van der Waals surface area (Å²) in [5.74, 6) is 0.757. The van der Waals surface area contributed by atoms with Crippen molar-refractivity contribution in [2.75, 3.05) is 18.1 Å². The van der Waals surface area contributed by atoms with Crippen molar-refractivity contribution in [3.05, 3.63) is 21.7 Å². The molecular formula is C13H19Cl2NO5S. The van der Waals surface area contributed by atoms with E-state index in [0.717, 1.165) is 23.5 Å². The first-order valence-electron chi connectivity index (χ1n) is 6.66. The third-order valence-corrected chi connectivity index (χ3v) is 4.41. The van der Waals surface area contributed by atoms with Gasteiger partial charge in [0.05, 0.1) is 17.3 Å². The zero-order chi connectivity index (χ0) is 17.1. The van der Waals surface area contributed by atoms with E-state index in [1.165, 1.54) is 6.92 Å². The van der Waals surface area contributed by atoms with Crippen LogP contribution in [0.25, 0.3) is 0 Å². The molecule has 1 heterocycles.